The standard InChI is InChI=1S/C18H24N4O/c1-3-10-19-18(23)21-11-9-16(13-21)22-14(2)12-20-17(22)15-7-5-4-6-8-15/h4-8,12,16H,3,9-11,13H2,1-2H3,(H,19,23). The fourth-order valence-corrected chi connectivity index (χ4v) is 3.19. The van der Waals surface area contributed by atoms with Crippen LogP contribution in [0.5, 0.6) is 0 Å². The highest BCUT2D eigenvalue weighted by Crippen LogP contribution is 2.29. The third-order valence-electron chi connectivity index (χ3n) is 4.36. The summed E-state index contributed by atoms with van der Waals surface area (Å²) >= 11 is 0. The molecule has 1 aliphatic rings. The molecule has 2 aromatic rings. The van der Waals surface area contributed by atoms with Crippen molar-refractivity contribution in [3.8, 4) is 11.4 Å². The van der Waals surface area contributed by atoms with Crippen molar-refractivity contribution in [1.82, 2.24) is 19.8 Å². The molecule has 1 fully saturated rings. The highest BCUT2D eigenvalue weighted by Gasteiger charge is 2.29. The molecule has 1 saturated heterocycles. The summed E-state index contributed by atoms with van der Waals surface area (Å²) < 4.78 is 2.28. The largest absolute Gasteiger partial charge is 0.338 e. The van der Waals surface area contributed by atoms with Gasteiger partial charge in [0.05, 0.1) is 6.04 Å². The Labute approximate surface area is 137 Å². The normalized spacial score (nSPS) is 17.5. The summed E-state index contributed by atoms with van der Waals surface area (Å²) in [5.74, 6) is 0.990. The summed E-state index contributed by atoms with van der Waals surface area (Å²) in [7, 11) is 0. The topological polar surface area (TPSA) is 50.2 Å². The number of urea groups is 1. The van der Waals surface area contributed by atoms with Gasteiger partial charge < -0.3 is 14.8 Å². The van der Waals surface area contributed by atoms with Crippen LogP contribution in [0.25, 0.3) is 11.4 Å². The van der Waals surface area contributed by atoms with Gasteiger partial charge in [0.1, 0.15) is 5.82 Å². The summed E-state index contributed by atoms with van der Waals surface area (Å²) in [6, 6.07) is 10.6. The summed E-state index contributed by atoms with van der Waals surface area (Å²) in [6.45, 7) is 6.42. The fraction of sp³-hybridized carbons (Fsp3) is 0.444. The molecule has 5 heteroatoms. The van der Waals surface area contributed by atoms with Gasteiger partial charge in [-0.25, -0.2) is 9.78 Å². The van der Waals surface area contributed by atoms with Crippen molar-refractivity contribution in [3.05, 3.63) is 42.2 Å². The Balaban J connectivity index is 1.79. The lowest BCUT2D eigenvalue weighted by Crippen LogP contribution is -2.38. The zero-order valence-corrected chi connectivity index (χ0v) is 13.8. The van der Waals surface area contributed by atoms with E-state index in [0.717, 1.165) is 49.6 Å². The Morgan fingerprint density at radius 1 is 1.35 bits per heavy atom. The third kappa shape index (κ3) is 3.23. The molecule has 1 aromatic carbocycles. The minimum atomic E-state index is 0.0494. The van der Waals surface area contributed by atoms with E-state index in [9.17, 15) is 4.79 Å². The quantitative estimate of drug-likeness (QED) is 0.942. The lowest BCUT2D eigenvalue weighted by atomic mass is 10.2. The molecule has 1 aliphatic heterocycles. The average molecular weight is 312 g/mol. The number of carbonyl (C=O) groups excluding carboxylic acids is 1. The van der Waals surface area contributed by atoms with E-state index >= 15 is 0 Å². The first-order valence-corrected chi connectivity index (χ1v) is 8.32. The van der Waals surface area contributed by atoms with Crippen molar-refractivity contribution in [1.29, 1.82) is 0 Å². The van der Waals surface area contributed by atoms with E-state index in [1.54, 1.807) is 0 Å². The number of nitrogens with one attached hydrogen (secondary N) is 1. The summed E-state index contributed by atoms with van der Waals surface area (Å²) in [5.41, 5.74) is 2.26. The van der Waals surface area contributed by atoms with Crippen molar-refractivity contribution >= 4 is 6.03 Å². The minimum Gasteiger partial charge on any atom is -0.338 e. The first-order chi connectivity index (χ1) is 11.2. The highest BCUT2D eigenvalue weighted by atomic mass is 16.2. The van der Waals surface area contributed by atoms with Crippen LogP contribution in [0, 0.1) is 6.92 Å². The fourth-order valence-electron chi connectivity index (χ4n) is 3.19. The maximum atomic E-state index is 12.1. The number of rotatable bonds is 4. The molecule has 1 N–H and O–H groups in total. The summed E-state index contributed by atoms with van der Waals surface area (Å²) in [6.07, 6.45) is 3.85. The monoisotopic (exact) mass is 312 g/mol. The van der Waals surface area contributed by atoms with Crippen molar-refractivity contribution in [2.45, 2.75) is 32.7 Å². The minimum absolute atomic E-state index is 0.0494. The molecule has 122 valence electrons. The van der Waals surface area contributed by atoms with E-state index in [2.05, 4.69) is 40.8 Å². The number of carbonyl (C=O) groups is 1. The van der Waals surface area contributed by atoms with Crippen molar-refractivity contribution in [3.63, 3.8) is 0 Å². The third-order valence-corrected chi connectivity index (χ3v) is 4.36. The molecule has 5 nitrogen and oxygen atoms in total. The second-order valence-corrected chi connectivity index (χ2v) is 6.08. The predicted octanol–water partition coefficient (Wildman–Crippen LogP) is 3.22. The second-order valence-electron chi connectivity index (χ2n) is 6.08. The van der Waals surface area contributed by atoms with Crippen LogP contribution in [0.4, 0.5) is 4.79 Å². The molecule has 0 aliphatic carbocycles. The SMILES string of the molecule is CCCNC(=O)N1CCC(n2c(C)cnc2-c2ccccc2)C1. The van der Waals surface area contributed by atoms with Gasteiger partial charge in [0, 0.05) is 37.1 Å². The first kappa shape index (κ1) is 15.6. The zero-order chi connectivity index (χ0) is 16.2. The van der Waals surface area contributed by atoms with Gasteiger partial charge in [-0.05, 0) is 19.8 Å². The molecule has 3 rings (SSSR count). The number of benzene rings is 1. The zero-order valence-electron chi connectivity index (χ0n) is 13.8. The Morgan fingerprint density at radius 3 is 2.87 bits per heavy atom. The lowest BCUT2D eigenvalue weighted by molar-refractivity contribution is 0.207. The van der Waals surface area contributed by atoms with Crippen LogP contribution in [0.3, 0.4) is 0 Å². The number of imidazole rings is 1. The van der Waals surface area contributed by atoms with Crippen LogP contribution in [0.15, 0.2) is 36.5 Å². The number of aryl methyl sites for hydroxylation is 1. The van der Waals surface area contributed by atoms with Crippen molar-refractivity contribution in [2.75, 3.05) is 19.6 Å². The Bertz CT molecular complexity index is 665. The van der Waals surface area contributed by atoms with Crippen molar-refractivity contribution < 1.29 is 4.79 Å². The maximum absolute atomic E-state index is 12.1. The van der Waals surface area contributed by atoms with Gasteiger partial charge in [0.15, 0.2) is 0 Å². The summed E-state index contributed by atoms with van der Waals surface area (Å²) in [5, 5.41) is 2.96. The van der Waals surface area contributed by atoms with Gasteiger partial charge in [-0.2, -0.15) is 0 Å². The van der Waals surface area contributed by atoms with Crippen LogP contribution >= 0.6 is 0 Å². The molecular weight excluding hydrogens is 288 g/mol. The molecule has 1 aromatic heterocycles. The van der Waals surface area contributed by atoms with E-state index in [1.165, 1.54) is 0 Å². The highest BCUT2D eigenvalue weighted by molar-refractivity contribution is 5.74. The van der Waals surface area contributed by atoms with Gasteiger partial charge in [-0.3, -0.25) is 0 Å². The van der Waals surface area contributed by atoms with E-state index in [1.807, 2.05) is 29.3 Å². The molecule has 23 heavy (non-hydrogen) atoms. The van der Waals surface area contributed by atoms with E-state index < -0.39 is 0 Å². The molecule has 2 heterocycles. The molecule has 0 bridgehead atoms. The van der Waals surface area contributed by atoms with Gasteiger partial charge >= 0.3 is 6.03 Å². The van der Waals surface area contributed by atoms with Crippen LogP contribution < -0.4 is 5.32 Å². The molecule has 1 unspecified atom stereocenters. The smallest absolute Gasteiger partial charge is 0.317 e. The Hall–Kier alpha value is -2.30. The number of amides is 2. The van der Waals surface area contributed by atoms with Crippen molar-refractivity contribution in [2.24, 2.45) is 0 Å². The van der Waals surface area contributed by atoms with Gasteiger partial charge in [-0.1, -0.05) is 37.3 Å². The second kappa shape index (κ2) is 6.86. The molecule has 0 saturated carbocycles. The number of nitrogens with zero attached hydrogens (tertiary/aromatic N) is 3. The number of aromatic nitrogens is 2. The Kier molecular flexibility index (Phi) is 4.65. The lowest BCUT2D eigenvalue weighted by Gasteiger charge is -2.20. The van der Waals surface area contributed by atoms with Crippen LogP contribution in [-0.4, -0.2) is 40.1 Å². The van der Waals surface area contributed by atoms with Crippen LogP contribution in [0.2, 0.25) is 0 Å². The summed E-state index contributed by atoms with van der Waals surface area (Å²) in [4.78, 5) is 18.7. The van der Waals surface area contributed by atoms with Gasteiger partial charge in [0.25, 0.3) is 0 Å². The molecule has 0 radical (unpaired) electrons. The van der Waals surface area contributed by atoms with Crippen LogP contribution in [-0.2, 0) is 0 Å². The predicted molar refractivity (Wildman–Crippen MR) is 91.3 cm³/mol. The molecular formula is C18H24N4O. The number of likely N-dealkylation sites (tertiary alicyclic amines) is 1. The van der Waals surface area contributed by atoms with Gasteiger partial charge in [0.2, 0.25) is 0 Å². The van der Waals surface area contributed by atoms with E-state index in [-0.39, 0.29) is 6.03 Å². The Morgan fingerprint density at radius 2 is 2.13 bits per heavy atom. The van der Waals surface area contributed by atoms with E-state index in [0.29, 0.717) is 6.04 Å². The molecule has 0 spiro atoms. The van der Waals surface area contributed by atoms with Crippen LogP contribution in [0.1, 0.15) is 31.5 Å². The first-order valence-electron chi connectivity index (χ1n) is 8.32. The van der Waals surface area contributed by atoms with Gasteiger partial charge in [-0.15, -0.1) is 0 Å². The number of hydrogen-bond acceptors (Lipinski definition) is 2. The number of hydrogen-bond donors (Lipinski definition) is 1. The maximum Gasteiger partial charge on any atom is 0.317 e. The molecule has 2 amide bonds. The average Bonchev–Trinajstić information content (AvgIpc) is 3.20. The van der Waals surface area contributed by atoms with E-state index in [4.69, 9.17) is 0 Å². The molecule has 1 atom stereocenters.